The molecular weight excluding hydrogens is 180 g/mol. The van der Waals surface area contributed by atoms with Crippen LogP contribution in [0.1, 0.15) is 47.0 Å². The van der Waals surface area contributed by atoms with Crippen LogP contribution in [-0.2, 0) is 14.3 Å². The van der Waals surface area contributed by atoms with Crippen molar-refractivity contribution < 1.29 is 14.3 Å². The van der Waals surface area contributed by atoms with Crippen molar-refractivity contribution in [3.8, 4) is 0 Å². The molecule has 0 aromatic heterocycles. The van der Waals surface area contributed by atoms with E-state index in [4.69, 9.17) is 9.47 Å². The van der Waals surface area contributed by atoms with E-state index in [1.54, 1.807) is 0 Å². The zero-order chi connectivity index (χ0) is 11.0. The average Bonchev–Trinajstić information content (AvgIpc) is 2.11. The zero-order valence-corrected chi connectivity index (χ0v) is 9.71. The molecule has 0 aliphatic carbocycles. The Kier molecular flexibility index (Phi) is 7.48. The van der Waals surface area contributed by atoms with Crippen LogP contribution < -0.4 is 0 Å². The molecule has 0 amide bonds. The van der Waals surface area contributed by atoms with Crippen LogP contribution >= 0.6 is 0 Å². The smallest absolute Gasteiger partial charge is 0.302 e. The first-order valence-electron chi connectivity index (χ1n) is 5.40. The summed E-state index contributed by atoms with van der Waals surface area (Å²) in [7, 11) is 0. The fourth-order valence-electron chi connectivity index (χ4n) is 1.30. The van der Waals surface area contributed by atoms with Gasteiger partial charge in [0.25, 0.3) is 0 Å². The number of hydrogen-bond acceptors (Lipinski definition) is 3. The molecule has 0 N–H and O–H groups in total. The molecule has 0 saturated carbocycles. The van der Waals surface area contributed by atoms with Gasteiger partial charge in [-0.05, 0) is 19.8 Å². The lowest BCUT2D eigenvalue weighted by Gasteiger charge is -2.22. The number of carbonyl (C=O) groups is 1. The fourth-order valence-corrected chi connectivity index (χ4v) is 1.30. The van der Waals surface area contributed by atoms with Gasteiger partial charge in [-0.15, -0.1) is 0 Å². The number of rotatable bonds is 7. The highest BCUT2D eigenvalue weighted by atomic mass is 16.6. The lowest BCUT2D eigenvalue weighted by atomic mass is 10.2. The summed E-state index contributed by atoms with van der Waals surface area (Å²) in [5.74, 6) is -0.241. The minimum Gasteiger partial charge on any atom is -0.460 e. The van der Waals surface area contributed by atoms with Gasteiger partial charge in [0.05, 0.1) is 6.10 Å². The predicted molar refractivity (Wildman–Crippen MR) is 56.2 cm³/mol. The second kappa shape index (κ2) is 7.80. The maximum atomic E-state index is 10.7. The van der Waals surface area contributed by atoms with Gasteiger partial charge in [0.2, 0.25) is 0 Å². The molecule has 0 aliphatic rings. The molecule has 2 atom stereocenters. The molecule has 0 saturated heterocycles. The van der Waals surface area contributed by atoms with E-state index in [9.17, 15) is 4.79 Å². The molecule has 14 heavy (non-hydrogen) atoms. The van der Waals surface area contributed by atoms with Crippen LogP contribution in [0.15, 0.2) is 0 Å². The van der Waals surface area contributed by atoms with Crippen LogP contribution in [-0.4, -0.2) is 24.8 Å². The number of unbranched alkanes of at least 4 members (excludes halogenated alkanes) is 1. The van der Waals surface area contributed by atoms with E-state index in [1.807, 2.05) is 13.8 Å². The molecule has 0 aliphatic heterocycles. The number of esters is 1. The molecule has 3 nitrogen and oxygen atoms in total. The summed E-state index contributed by atoms with van der Waals surface area (Å²) in [6, 6.07) is 0. The second-order valence-electron chi connectivity index (χ2n) is 3.49. The Bertz CT molecular complexity index is 157. The highest BCUT2D eigenvalue weighted by molar-refractivity contribution is 5.66. The van der Waals surface area contributed by atoms with E-state index >= 15 is 0 Å². The van der Waals surface area contributed by atoms with Crippen molar-refractivity contribution >= 4 is 5.97 Å². The van der Waals surface area contributed by atoms with Gasteiger partial charge in [-0.2, -0.15) is 0 Å². The van der Waals surface area contributed by atoms with Crippen molar-refractivity contribution in [2.24, 2.45) is 0 Å². The predicted octanol–water partition coefficient (Wildman–Crippen LogP) is 2.53. The molecule has 0 rings (SSSR count). The van der Waals surface area contributed by atoms with E-state index in [0.29, 0.717) is 0 Å². The number of hydrogen-bond donors (Lipinski definition) is 0. The van der Waals surface area contributed by atoms with E-state index in [-0.39, 0.29) is 18.2 Å². The highest BCUT2D eigenvalue weighted by Crippen LogP contribution is 2.09. The van der Waals surface area contributed by atoms with Crippen molar-refractivity contribution in [1.82, 2.24) is 0 Å². The third-order valence-corrected chi connectivity index (χ3v) is 2.11. The van der Waals surface area contributed by atoms with Crippen molar-refractivity contribution in [2.45, 2.75) is 59.2 Å². The summed E-state index contributed by atoms with van der Waals surface area (Å²) in [4.78, 5) is 10.7. The maximum absolute atomic E-state index is 10.7. The molecule has 0 fully saturated rings. The topological polar surface area (TPSA) is 35.5 Å². The van der Waals surface area contributed by atoms with Crippen LogP contribution in [0.3, 0.4) is 0 Å². The van der Waals surface area contributed by atoms with Gasteiger partial charge < -0.3 is 9.47 Å². The third-order valence-electron chi connectivity index (χ3n) is 2.11. The molecule has 3 heteroatoms. The summed E-state index contributed by atoms with van der Waals surface area (Å²) in [6.07, 6.45) is 2.94. The first-order valence-corrected chi connectivity index (χ1v) is 5.40. The van der Waals surface area contributed by atoms with Gasteiger partial charge in [0.15, 0.2) is 0 Å². The summed E-state index contributed by atoms with van der Waals surface area (Å²) in [6.45, 7) is 8.22. The molecule has 0 heterocycles. The molecule has 0 radical (unpaired) electrons. The van der Waals surface area contributed by atoms with Crippen molar-refractivity contribution in [2.75, 3.05) is 6.61 Å². The molecular formula is C11H22O3. The summed E-state index contributed by atoms with van der Waals surface area (Å²) >= 11 is 0. The van der Waals surface area contributed by atoms with Gasteiger partial charge >= 0.3 is 5.97 Å². The lowest BCUT2D eigenvalue weighted by Crippen LogP contribution is -2.30. The van der Waals surface area contributed by atoms with Crippen LogP contribution in [0.25, 0.3) is 0 Å². The summed E-state index contributed by atoms with van der Waals surface area (Å²) < 4.78 is 10.7. The van der Waals surface area contributed by atoms with E-state index in [2.05, 4.69) is 6.92 Å². The Morgan fingerprint density at radius 2 is 2.00 bits per heavy atom. The second-order valence-corrected chi connectivity index (χ2v) is 3.49. The largest absolute Gasteiger partial charge is 0.460 e. The van der Waals surface area contributed by atoms with Gasteiger partial charge in [-0.25, -0.2) is 0 Å². The number of carbonyl (C=O) groups excluding carboxylic acids is 1. The SMILES string of the molecule is CCCCOC(CC)C(C)OC(C)=O. The maximum Gasteiger partial charge on any atom is 0.302 e. The van der Waals surface area contributed by atoms with E-state index < -0.39 is 0 Å². The number of ether oxygens (including phenoxy) is 2. The minimum atomic E-state index is -0.241. The quantitative estimate of drug-likeness (QED) is 0.470. The van der Waals surface area contributed by atoms with Crippen LogP contribution in [0.2, 0.25) is 0 Å². The lowest BCUT2D eigenvalue weighted by molar-refractivity contribution is -0.153. The molecule has 2 unspecified atom stereocenters. The Morgan fingerprint density at radius 1 is 1.36 bits per heavy atom. The monoisotopic (exact) mass is 202 g/mol. The molecule has 0 bridgehead atoms. The van der Waals surface area contributed by atoms with Crippen molar-refractivity contribution in [3.63, 3.8) is 0 Å². The Balaban J connectivity index is 3.80. The van der Waals surface area contributed by atoms with Crippen molar-refractivity contribution in [1.29, 1.82) is 0 Å². The fraction of sp³-hybridized carbons (Fsp3) is 0.909. The van der Waals surface area contributed by atoms with Crippen LogP contribution in [0.5, 0.6) is 0 Å². The van der Waals surface area contributed by atoms with Crippen LogP contribution in [0.4, 0.5) is 0 Å². The summed E-state index contributed by atoms with van der Waals surface area (Å²) in [5.41, 5.74) is 0. The van der Waals surface area contributed by atoms with Crippen molar-refractivity contribution in [3.05, 3.63) is 0 Å². The summed E-state index contributed by atoms with van der Waals surface area (Å²) in [5, 5.41) is 0. The normalized spacial score (nSPS) is 14.9. The minimum absolute atomic E-state index is 0.0328. The van der Waals surface area contributed by atoms with Gasteiger partial charge in [0, 0.05) is 13.5 Å². The van der Waals surface area contributed by atoms with Gasteiger partial charge in [0.1, 0.15) is 6.10 Å². The Hall–Kier alpha value is -0.570. The molecule has 84 valence electrons. The zero-order valence-electron chi connectivity index (χ0n) is 9.71. The van der Waals surface area contributed by atoms with Crippen LogP contribution in [0, 0.1) is 0 Å². The molecule has 0 aromatic carbocycles. The van der Waals surface area contributed by atoms with Gasteiger partial charge in [-0.1, -0.05) is 20.3 Å². The highest BCUT2D eigenvalue weighted by Gasteiger charge is 2.18. The molecule has 0 spiro atoms. The first-order chi connectivity index (χ1) is 6.61. The molecule has 0 aromatic rings. The van der Waals surface area contributed by atoms with Gasteiger partial charge in [-0.3, -0.25) is 4.79 Å². The third kappa shape index (κ3) is 5.97. The standard InChI is InChI=1S/C11H22O3/c1-5-7-8-13-11(6-2)9(3)14-10(4)12/h9,11H,5-8H2,1-4H3. The van der Waals surface area contributed by atoms with E-state index in [1.165, 1.54) is 6.92 Å². The Morgan fingerprint density at radius 3 is 2.43 bits per heavy atom. The van der Waals surface area contributed by atoms with E-state index in [0.717, 1.165) is 25.9 Å². The first kappa shape index (κ1) is 13.4. The Labute approximate surface area is 86.8 Å². The average molecular weight is 202 g/mol.